The van der Waals surface area contributed by atoms with Crippen molar-refractivity contribution < 1.29 is 9.53 Å². The molecule has 1 amide bonds. The SMILES string of the molecule is CC(=O)N1CCC(N2CCC(Oc3ccc(Cl)c(Cl)c3)CC2)CC1. The fraction of sp³-hybridized carbons (Fsp3) is 0.611. The van der Waals surface area contributed by atoms with Gasteiger partial charge in [0.25, 0.3) is 0 Å². The van der Waals surface area contributed by atoms with Gasteiger partial charge < -0.3 is 9.64 Å². The van der Waals surface area contributed by atoms with E-state index in [0.717, 1.165) is 57.6 Å². The van der Waals surface area contributed by atoms with Gasteiger partial charge in [-0.1, -0.05) is 23.2 Å². The summed E-state index contributed by atoms with van der Waals surface area (Å²) in [6, 6.07) is 6.04. The zero-order valence-corrected chi connectivity index (χ0v) is 15.5. The molecule has 1 aromatic carbocycles. The van der Waals surface area contributed by atoms with Crippen LogP contribution in [0.3, 0.4) is 0 Å². The van der Waals surface area contributed by atoms with Crippen LogP contribution in [0.5, 0.6) is 5.75 Å². The number of halogens is 2. The number of benzene rings is 1. The predicted octanol–water partition coefficient (Wildman–Crippen LogP) is 3.85. The molecule has 3 rings (SSSR count). The van der Waals surface area contributed by atoms with Crippen LogP contribution in [-0.2, 0) is 4.79 Å². The lowest BCUT2D eigenvalue weighted by Crippen LogP contribution is -2.49. The number of piperidine rings is 2. The maximum Gasteiger partial charge on any atom is 0.219 e. The van der Waals surface area contributed by atoms with E-state index < -0.39 is 0 Å². The van der Waals surface area contributed by atoms with Gasteiger partial charge in [0.2, 0.25) is 5.91 Å². The number of hydrogen-bond donors (Lipinski definition) is 0. The Hall–Kier alpha value is -0.970. The Labute approximate surface area is 153 Å². The first kappa shape index (κ1) is 17.8. The fourth-order valence-electron chi connectivity index (χ4n) is 3.65. The first-order valence-corrected chi connectivity index (χ1v) is 9.40. The second-order valence-corrected chi connectivity index (χ2v) is 7.48. The summed E-state index contributed by atoms with van der Waals surface area (Å²) < 4.78 is 6.05. The molecule has 2 aliphatic heterocycles. The summed E-state index contributed by atoms with van der Waals surface area (Å²) in [6.07, 6.45) is 4.44. The minimum Gasteiger partial charge on any atom is -0.490 e. The van der Waals surface area contributed by atoms with Gasteiger partial charge in [-0.25, -0.2) is 0 Å². The summed E-state index contributed by atoms with van der Waals surface area (Å²) in [5, 5.41) is 1.08. The topological polar surface area (TPSA) is 32.8 Å². The molecule has 0 atom stereocenters. The zero-order valence-electron chi connectivity index (χ0n) is 14.0. The summed E-state index contributed by atoms with van der Waals surface area (Å²) >= 11 is 12.0. The van der Waals surface area contributed by atoms with Gasteiger partial charge in [0, 0.05) is 45.2 Å². The highest BCUT2D eigenvalue weighted by atomic mass is 35.5. The highest BCUT2D eigenvalue weighted by Gasteiger charge is 2.29. The van der Waals surface area contributed by atoms with Crippen molar-refractivity contribution in [1.29, 1.82) is 0 Å². The first-order valence-electron chi connectivity index (χ1n) is 8.64. The molecule has 0 saturated carbocycles. The van der Waals surface area contributed by atoms with Crippen LogP contribution in [0.25, 0.3) is 0 Å². The summed E-state index contributed by atoms with van der Waals surface area (Å²) in [5.41, 5.74) is 0. The van der Waals surface area contributed by atoms with Gasteiger partial charge in [-0.15, -0.1) is 0 Å². The largest absolute Gasteiger partial charge is 0.490 e. The maximum absolute atomic E-state index is 11.4. The molecule has 0 radical (unpaired) electrons. The predicted molar refractivity (Wildman–Crippen MR) is 97.0 cm³/mol. The van der Waals surface area contributed by atoms with Crippen molar-refractivity contribution in [3.05, 3.63) is 28.2 Å². The van der Waals surface area contributed by atoms with Gasteiger partial charge in [-0.05, 0) is 37.8 Å². The van der Waals surface area contributed by atoms with Gasteiger partial charge in [0.1, 0.15) is 11.9 Å². The molecule has 0 unspecified atom stereocenters. The maximum atomic E-state index is 11.4. The van der Waals surface area contributed by atoms with Crippen molar-refractivity contribution in [2.75, 3.05) is 26.2 Å². The number of ether oxygens (including phenoxy) is 1. The Morgan fingerprint density at radius 2 is 1.71 bits per heavy atom. The first-order chi connectivity index (χ1) is 11.5. The minimum absolute atomic E-state index is 0.196. The monoisotopic (exact) mass is 370 g/mol. The van der Waals surface area contributed by atoms with E-state index in [1.807, 2.05) is 11.0 Å². The number of rotatable bonds is 3. The highest BCUT2D eigenvalue weighted by molar-refractivity contribution is 6.42. The zero-order chi connectivity index (χ0) is 17.1. The van der Waals surface area contributed by atoms with E-state index in [1.165, 1.54) is 0 Å². The van der Waals surface area contributed by atoms with Gasteiger partial charge in [-0.2, -0.15) is 0 Å². The lowest BCUT2D eigenvalue weighted by molar-refractivity contribution is -0.130. The van der Waals surface area contributed by atoms with Crippen LogP contribution in [-0.4, -0.2) is 54.0 Å². The average molecular weight is 371 g/mol. The molecule has 2 heterocycles. The van der Waals surface area contributed by atoms with Gasteiger partial charge >= 0.3 is 0 Å². The summed E-state index contributed by atoms with van der Waals surface area (Å²) in [6.45, 7) is 5.54. The highest BCUT2D eigenvalue weighted by Crippen LogP contribution is 2.29. The number of amides is 1. The normalized spacial score (nSPS) is 21.0. The number of carbonyl (C=O) groups is 1. The van der Waals surface area contributed by atoms with Crippen LogP contribution in [0.2, 0.25) is 10.0 Å². The molecule has 2 aliphatic rings. The summed E-state index contributed by atoms with van der Waals surface area (Å²) in [7, 11) is 0. The third-order valence-electron chi connectivity index (χ3n) is 5.10. The quantitative estimate of drug-likeness (QED) is 0.809. The molecule has 1 aromatic rings. The molecule has 0 N–H and O–H groups in total. The molecule has 24 heavy (non-hydrogen) atoms. The lowest BCUT2D eigenvalue weighted by Gasteiger charge is -2.41. The molecule has 0 aromatic heterocycles. The van der Waals surface area contributed by atoms with E-state index in [-0.39, 0.29) is 12.0 Å². The van der Waals surface area contributed by atoms with Crippen LogP contribution in [0, 0.1) is 0 Å². The molecule has 2 saturated heterocycles. The molecule has 0 aliphatic carbocycles. The smallest absolute Gasteiger partial charge is 0.219 e. The molecular formula is C18H24Cl2N2O2. The Balaban J connectivity index is 1.46. The Bertz CT molecular complexity index is 580. The van der Waals surface area contributed by atoms with Crippen molar-refractivity contribution in [2.24, 2.45) is 0 Å². The molecule has 2 fully saturated rings. The Morgan fingerprint density at radius 1 is 1.04 bits per heavy atom. The minimum atomic E-state index is 0.196. The molecule has 6 heteroatoms. The number of likely N-dealkylation sites (tertiary alicyclic amines) is 2. The van der Waals surface area contributed by atoms with Crippen LogP contribution in [0.15, 0.2) is 18.2 Å². The van der Waals surface area contributed by atoms with Crippen molar-refractivity contribution in [1.82, 2.24) is 9.80 Å². The molecule has 0 bridgehead atoms. The number of carbonyl (C=O) groups excluding carboxylic acids is 1. The fourth-order valence-corrected chi connectivity index (χ4v) is 3.94. The van der Waals surface area contributed by atoms with Gasteiger partial charge in [0.05, 0.1) is 10.0 Å². The van der Waals surface area contributed by atoms with Crippen LogP contribution >= 0.6 is 23.2 Å². The summed E-state index contributed by atoms with van der Waals surface area (Å²) in [4.78, 5) is 15.9. The summed E-state index contributed by atoms with van der Waals surface area (Å²) in [5.74, 6) is 0.986. The van der Waals surface area contributed by atoms with Crippen LogP contribution < -0.4 is 4.74 Å². The van der Waals surface area contributed by atoms with Crippen molar-refractivity contribution in [3.63, 3.8) is 0 Å². The Morgan fingerprint density at radius 3 is 2.29 bits per heavy atom. The van der Waals surface area contributed by atoms with Gasteiger partial charge in [-0.3, -0.25) is 9.69 Å². The van der Waals surface area contributed by atoms with E-state index in [4.69, 9.17) is 27.9 Å². The van der Waals surface area contributed by atoms with Crippen molar-refractivity contribution in [3.8, 4) is 5.75 Å². The van der Waals surface area contributed by atoms with E-state index in [0.29, 0.717) is 16.1 Å². The molecule has 132 valence electrons. The average Bonchev–Trinajstić information content (AvgIpc) is 2.59. The standard InChI is InChI=1S/C18H24Cl2N2O2/c1-13(23)21-8-4-14(5-9-21)22-10-6-15(7-11-22)24-16-2-3-17(19)18(20)12-16/h2-3,12,14-15H,4-11H2,1H3. The molecule has 0 spiro atoms. The third kappa shape index (κ3) is 4.35. The Kier molecular flexibility index (Phi) is 5.90. The van der Waals surface area contributed by atoms with Crippen LogP contribution in [0.4, 0.5) is 0 Å². The molecule has 4 nitrogen and oxygen atoms in total. The van der Waals surface area contributed by atoms with E-state index in [2.05, 4.69) is 4.90 Å². The second-order valence-electron chi connectivity index (χ2n) is 6.67. The second kappa shape index (κ2) is 7.94. The van der Waals surface area contributed by atoms with Crippen molar-refractivity contribution >= 4 is 29.1 Å². The van der Waals surface area contributed by atoms with Crippen molar-refractivity contribution in [2.45, 2.75) is 44.8 Å². The van der Waals surface area contributed by atoms with E-state index in [1.54, 1.807) is 19.1 Å². The third-order valence-corrected chi connectivity index (χ3v) is 5.84. The number of hydrogen-bond acceptors (Lipinski definition) is 3. The lowest BCUT2D eigenvalue weighted by atomic mass is 9.99. The van der Waals surface area contributed by atoms with E-state index in [9.17, 15) is 4.79 Å². The molecular weight excluding hydrogens is 347 g/mol. The number of nitrogens with zero attached hydrogens (tertiary/aromatic N) is 2. The van der Waals surface area contributed by atoms with Crippen LogP contribution in [0.1, 0.15) is 32.6 Å². The van der Waals surface area contributed by atoms with Gasteiger partial charge in [0.15, 0.2) is 0 Å². The van der Waals surface area contributed by atoms with E-state index >= 15 is 0 Å².